The van der Waals surface area contributed by atoms with Crippen LogP contribution in [0.3, 0.4) is 0 Å². The Hall–Kier alpha value is -2.88. The molecule has 0 fully saturated rings. The number of ether oxygens (including phenoxy) is 1. The minimum absolute atomic E-state index is 0.0995. The summed E-state index contributed by atoms with van der Waals surface area (Å²) in [5, 5.41) is 1.92. The molecule has 0 atom stereocenters. The standard InChI is InChI=1S/C17H14N2O2/c1-11(20)15-10-13(18)6-7-16(15)21-17-14-5-3-2-4-12(14)8-9-19-17/h2-10H,18H2,1H3. The Kier molecular flexibility index (Phi) is 3.28. The van der Waals surface area contributed by atoms with Gasteiger partial charge >= 0.3 is 0 Å². The first-order valence-electron chi connectivity index (χ1n) is 6.57. The second kappa shape index (κ2) is 5.25. The first-order chi connectivity index (χ1) is 10.1. The number of Topliss-reactive ketones (excluding diaryl/α,β-unsaturated/α-hetero) is 1. The smallest absolute Gasteiger partial charge is 0.227 e. The molecule has 21 heavy (non-hydrogen) atoms. The van der Waals surface area contributed by atoms with Gasteiger partial charge in [-0.15, -0.1) is 0 Å². The predicted octanol–water partition coefficient (Wildman–Crippen LogP) is 3.81. The lowest BCUT2D eigenvalue weighted by Gasteiger charge is -2.11. The highest BCUT2D eigenvalue weighted by atomic mass is 16.5. The number of carbonyl (C=O) groups excluding carboxylic acids is 1. The van der Waals surface area contributed by atoms with E-state index in [1.165, 1.54) is 6.92 Å². The number of pyridine rings is 1. The van der Waals surface area contributed by atoms with Crippen LogP contribution in [-0.2, 0) is 0 Å². The van der Waals surface area contributed by atoms with Crippen molar-refractivity contribution in [2.45, 2.75) is 6.92 Å². The van der Waals surface area contributed by atoms with E-state index < -0.39 is 0 Å². The predicted molar refractivity (Wildman–Crippen MR) is 82.7 cm³/mol. The number of carbonyl (C=O) groups is 1. The third-order valence-corrected chi connectivity index (χ3v) is 3.23. The van der Waals surface area contributed by atoms with Crippen LogP contribution in [0.5, 0.6) is 11.6 Å². The van der Waals surface area contributed by atoms with E-state index in [0.717, 1.165) is 10.8 Å². The van der Waals surface area contributed by atoms with Crippen LogP contribution < -0.4 is 10.5 Å². The third-order valence-electron chi connectivity index (χ3n) is 3.23. The van der Waals surface area contributed by atoms with Crippen LogP contribution in [0.15, 0.2) is 54.7 Å². The number of benzene rings is 2. The molecule has 0 aliphatic rings. The molecule has 0 unspecified atom stereocenters. The van der Waals surface area contributed by atoms with Crippen LogP contribution in [0.2, 0.25) is 0 Å². The number of fused-ring (bicyclic) bond motifs is 1. The van der Waals surface area contributed by atoms with Crippen LogP contribution in [-0.4, -0.2) is 10.8 Å². The zero-order valence-electron chi connectivity index (χ0n) is 11.5. The number of hydrogen-bond donors (Lipinski definition) is 1. The minimum Gasteiger partial charge on any atom is -0.438 e. The van der Waals surface area contributed by atoms with Gasteiger partial charge < -0.3 is 10.5 Å². The van der Waals surface area contributed by atoms with E-state index >= 15 is 0 Å². The van der Waals surface area contributed by atoms with Crippen LogP contribution in [0.1, 0.15) is 17.3 Å². The number of ketones is 1. The van der Waals surface area contributed by atoms with Crippen molar-refractivity contribution in [1.82, 2.24) is 4.98 Å². The number of nitrogen functional groups attached to an aromatic ring is 1. The SMILES string of the molecule is CC(=O)c1cc(N)ccc1Oc1nccc2ccccc12. The van der Waals surface area contributed by atoms with Gasteiger partial charge in [0.05, 0.1) is 5.56 Å². The monoisotopic (exact) mass is 278 g/mol. The highest BCUT2D eigenvalue weighted by molar-refractivity contribution is 5.98. The van der Waals surface area contributed by atoms with Crippen molar-refractivity contribution < 1.29 is 9.53 Å². The van der Waals surface area contributed by atoms with Crippen molar-refractivity contribution in [3.8, 4) is 11.6 Å². The lowest BCUT2D eigenvalue weighted by atomic mass is 10.1. The molecule has 1 heterocycles. The number of rotatable bonds is 3. The van der Waals surface area contributed by atoms with Crippen LogP contribution in [0, 0.1) is 0 Å². The van der Waals surface area contributed by atoms with E-state index in [9.17, 15) is 4.79 Å². The first-order valence-corrected chi connectivity index (χ1v) is 6.57. The van der Waals surface area contributed by atoms with E-state index in [2.05, 4.69) is 4.98 Å². The Labute approximate surface area is 122 Å². The lowest BCUT2D eigenvalue weighted by molar-refractivity contribution is 0.101. The first kappa shape index (κ1) is 13.1. The molecule has 0 saturated heterocycles. The molecular formula is C17H14N2O2. The van der Waals surface area contributed by atoms with Crippen molar-refractivity contribution in [1.29, 1.82) is 0 Å². The molecule has 0 bridgehead atoms. The molecule has 4 heteroatoms. The summed E-state index contributed by atoms with van der Waals surface area (Å²) in [6.45, 7) is 1.48. The van der Waals surface area contributed by atoms with E-state index in [-0.39, 0.29) is 5.78 Å². The Bertz CT molecular complexity index is 823. The van der Waals surface area contributed by atoms with Gasteiger partial charge in [0.15, 0.2) is 5.78 Å². The molecule has 4 nitrogen and oxygen atoms in total. The zero-order chi connectivity index (χ0) is 14.8. The summed E-state index contributed by atoms with van der Waals surface area (Å²) in [5.74, 6) is 0.832. The molecule has 2 aromatic carbocycles. The summed E-state index contributed by atoms with van der Waals surface area (Å²) < 4.78 is 5.85. The number of nitrogens with zero attached hydrogens (tertiary/aromatic N) is 1. The number of hydrogen-bond acceptors (Lipinski definition) is 4. The Morgan fingerprint density at radius 1 is 1.14 bits per heavy atom. The van der Waals surface area contributed by atoms with Gasteiger partial charge in [-0.2, -0.15) is 0 Å². The highest BCUT2D eigenvalue weighted by Crippen LogP contribution is 2.30. The summed E-state index contributed by atoms with van der Waals surface area (Å²) >= 11 is 0. The normalized spacial score (nSPS) is 10.5. The second-order valence-electron chi connectivity index (χ2n) is 4.75. The van der Waals surface area contributed by atoms with Gasteiger partial charge in [0.25, 0.3) is 0 Å². The molecule has 3 rings (SSSR count). The molecular weight excluding hydrogens is 264 g/mol. The van der Waals surface area contributed by atoms with Crippen molar-refractivity contribution in [3.05, 3.63) is 60.3 Å². The van der Waals surface area contributed by atoms with Crippen molar-refractivity contribution in [3.63, 3.8) is 0 Å². The van der Waals surface area contributed by atoms with Crippen molar-refractivity contribution >= 4 is 22.2 Å². The highest BCUT2D eigenvalue weighted by Gasteiger charge is 2.12. The summed E-state index contributed by atoms with van der Waals surface area (Å²) in [7, 11) is 0. The van der Waals surface area contributed by atoms with Crippen molar-refractivity contribution in [2.75, 3.05) is 5.73 Å². The largest absolute Gasteiger partial charge is 0.438 e. The summed E-state index contributed by atoms with van der Waals surface area (Å²) in [5.41, 5.74) is 6.70. The minimum atomic E-state index is -0.0995. The van der Waals surface area contributed by atoms with Gasteiger partial charge in [-0.3, -0.25) is 4.79 Å². The molecule has 0 aliphatic carbocycles. The molecule has 104 valence electrons. The third kappa shape index (κ3) is 2.56. The second-order valence-corrected chi connectivity index (χ2v) is 4.75. The van der Waals surface area contributed by atoms with E-state index in [4.69, 9.17) is 10.5 Å². The molecule has 0 amide bonds. The molecule has 3 aromatic rings. The van der Waals surface area contributed by atoms with Gasteiger partial charge in [-0.25, -0.2) is 4.98 Å². The summed E-state index contributed by atoms with van der Waals surface area (Å²) in [6, 6.07) is 14.7. The van der Waals surface area contributed by atoms with Gasteiger partial charge in [0, 0.05) is 17.3 Å². The molecule has 0 spiro atoms. The molecule has 0 aliphatic heterocycles. The quantitative estimate of drug-likeness (QED) is 0.584. The topological polar surface area (TPSA) is 65.2 Å². The maximum atomic E-state index is 11.7. The fourth-order valence-corrected chi connectivity index (χ4v) is 2.19. The fourth-order valence-electron chi connectivity index (χ4n) is 2.19. The van der Waals surface area contributed by atoms with E-state index in [1.54, 1.807) is 24.4 Å². The van der Waals surface area contributed by atoms with Gasteiger partial charge in [-0.1, -0.05) is 18.2 Å². The van der Waals surface area contributed by atoms with Gasteiger partial charge in [0.2, 0.25) is 5.88 Å². The molecule has 1 aromatic heterocycles. The number of anilines is 1. The van der Waals surface area contributed by atoms with Gasteiger partial charge in [-0.05, 0) is 42.6 Å². The number of aromatic nitrogens is 1. The van der Waals surface area contributed by atoms with E-state index in [1.807, 2.05) is 30.3 Å². The van der Waals surface area contributed by atoms with Crippen molar-refractivity contribution in [2.24, 2.45) is 0 Å². The van der Waals surface area contributed by atoms with Crippen LogP contribution in [0.25, 0.3) is 10.8 Å². The van der Waals surface area contributed by atoms with E-state index in [0.29, 0.717) is 22.9 Å². The molecule has 0 saturated carbocycles. The maximum absolute atomic E-state index is 11.7. The molecule has 2 N–H and O–H groups in total. The zero-order valence-corrected chi connectivity index (χ0v) is 11.5. The lowest BCUT2D eigenvalue weighted by Crippen LogP contribution is -2.00. The Morgan fingerprint density at radius 2 is 1.95 bits per heavy atom. The Balaban J connectivity index is 2.09. The summed E-state index contributed by atoms with van der Waals surface area (Å²) in [6.07, 6.45) is 1.68. The van der Waals surface area contributed by atoms with Gasteiger partial charge in [0.1, 0.15) is 5.75 Å². The number of nitrogens with two attached hydrogens (primary N) is 1. The average Bonchev–Trinajstić information content (AvgIpc) is 2.49. The fraction of sp³-hybridized carbons (Fsp3) is 0.0588. The van der Waals surface area contributed by atoms with Crippen LogP contribution >= 0.6 is 0 Å². The molecule has 0 radical (unpaired) electrons. The Morgan fingerprint density at radius 3 is 2.76 bits per heavy atom. The van der Waals surface area contributed by atoms with Crippen LogP contribution in [0.4, 0.5) is 5.69 Å². The summed E-state index contributed by atoms with van der Waals surface area (Å²) in [4.78, 5) is 16.0. The maximum Gasteiger partial charge on any atom is 0.227 e. The average molecular weight is 278 g/mol.